The average Bonchev–Trinajstić information content (AvgIpc) is 2.33. The summed E-state index contributed by atoms with van der Waals surface area (Å²) in [5.41, 5.74) is -0.481. The number of nitrogens with zero attached hydrogens (tertiary/aromatic N) is 3. The number of carbonyl (C=O) groups is 1. The highest BCUT2D eigenvalue weighted by atomic mass is 16.6. The molecule has 8 heteroatoms. The van der Waals surface area contributed by atoms with Crippen LogP contribution in [0.1, 0.15) is 18.4 Å². The van der Waals surface area contributed by atoms with Crippen molar-refractivity contribution in [1.29, 1.82) is 5.26 Å². The number of anilines is 1. The van der Waals surface area contributed by atoms with Gasteiger partial charge in [-0.25, -0.2) is 4.98 Å². The zero-order chi connectivity index (χ0) is 13.5. The second-order valence-corrected chi connectivity index (χ2v) is 3.35. The van der Waals surface area contributed by atoms with Crippen molar-refractivity contribution in [3.05, 3.63) is 27.9 Å². The van der Waals surface area contributed by atoms with Crippen LogP contribution in [0.3, 0.4) is 0 Å². The number of carboxylic acids is 1. The molecule has 2 N–H and O–H groups in total. The molecule has 0 aliphatic rings. The van der Waals surface area contributed by atoms with Crippen LogP contribution in [0.25, 0.3) is 0 Å². The number of nitrogens with one attached hydrogen (secondary N) is 1. The van der Waals surface area contributed by atoms with Crippen LogP contribution in [0.5, 0.6) is 0 Å². The fourth-order valence-corrected chi connectivity index (χ4v) is 1.30. The molecule has 8 nitrogen and oxygen atoms in total. The molecule has 0 amide bonds. The lowest BCUT2D eigenvalue weighted by atomic mass is 10.2. The smallest absolute Gasteiger partial charge is 0.328 e. The minimum atomic E-state index is -0.940. The van der Waals surface area contributed by atoms with Crippen LogP contribution in [0.2, 0.25) is 0 Å². The summed E-state index contributed by atoms with van der Waals surface area (Å²) in [6.07, 6.45) is 1.55. The van der Waals surface area contributed by atoms with Gasteiger partial charge in [0.05, 0.1) is 4.92 Å². The fraction of sp³-hybridized carbons (Fsp3) is 0.300. The minimum Gasteiger partial charge on any atom is -0.481 e. The van der Waals surface area contributed by atoms with E-state index in [1.54, 1.807) is 6.07 Å². The molecule has 0 spiro atoms. The summed E-state index contributed by atoms with van der Waals surface area (Å²) in [6.45, 7) is 0.231. The predicted octanol–water partition coefficient (Wildman–Crippen LogP) is 1.14. The highest BCUT2D eigenvalue weighted by Gasteiger charge is 2.20. The summed E-state index contributed by atoms with van der Waals surface area (Å²) >= 11 is 0. The van der Waals surface area contributed by atoms with Crippen LogP contribution in [0.15, 0.2) is 12.3 Å². The van der Waals surface area contributed by atoms with Crippen LogP contribution in [0.4, 0.5) is 11.5 Å². The van der Waals surface area contributed by atoms with E-state index in [2.05, 4.69) is 10.3 Å². The number of rotatable bonds is 6. The van der Waals surface area contributed by atoms with E-state index in [4.69, 9.17) is 10.4 Å². The number of carboxylic acid groups (broad SMARTS) is 1. The van der Waals surface area contributed by atoms with Gasteiger partial charge in [-0.05, 0) is 12.5 Å². The van der Waals surface area contributed by atoms with E-state index >= 15 is 0 Å². The predicted molar refractivity (Wildman–Crippen MR) is 61.0 cm³/mol. The first kappa shape index (κ1) is 13.4. The van der Waals surface area contributed by atoms with Gasteiger partial charge in [-0.15, -0.1) is 0 Å². The van der Waals surface area contributed by atoms with Gasteiger partial charge in [-0.2, -0.15) is 5.26 Å². The number of hydrogen-bond acceptors (Lipinski definition) is 6. The Kier molecular flexibility index (Phi) is 4.57. The molecule has 0 unspecified atom stereocenters. The van der Waals surface area contributed by atoms with E-state index in [0.29, 0.717) is 6.42 Å². The number of hydrogen-bond donors (Lipinski definition) is 2. The van der Waals surface area contributed by atoms with Gasteiger partial charge in [0.25, 0.3) is 0 Å². The molecule has 0 radical (unpaired) electrons. The van der Waals surface area contributed by atoms with Gasteiger partial charge in [0.2, 0.25) is 5.82 Å². The Morgan fingerprint density at radius 2 is 2.39 bits per heavy atom. The molecule has 0 aliphatic heterocycles. The van der Waals surface area contributed by atoms with E-state index in [9.17, 15) is 14.9 Å². The zero-order valence-electron chi connectivity index (χ0n) is 9.29. The Balaban J connectivity index is 2.80. The standard InChI is InChI=1S/C10H10N4O4/c11-6-7-3-5-13-10(9(7)14(17)18)12-4-1-2-8(15)16/h3,5H,1-2,4H2,(H,12,13)(H,15,16). The van der Waals surface area contributed by atoms with E-state index in [1.165, 1.54) is 12.3 Å². The van der Waals surface area contributed by atoms with Crippen molar-refractivity contribution in [1.82, 2.24) is 4.98 Å². The monoisotopic (exact) mass is 250 g/mol. The number of aliphatic carboxylic acids is 1. The second kappa shape index (κ2) is 6.15. The normalized spacial score (nSPS) is 9.50. The first-order valence-electron chi connectivity index (χ1n) is 5.05. The molecule has 0 aliphatic carbocycles. The van der Waals surface area contributed by atoms with Crippen molar-refractivity contribution in [3.8, 4) is 6.07 Å². The number of nitriles is 1. The lowest BCUT2D eigenvalue weighted by molar-refractivity contribution is -0.384. The van der Waals surface area contributed by atoms with Crippen molar-refractivity contribution in [2.75, 3.05) is 11.9 Å². The molecule has 1 rings (SSSR count). The topological polar surface area (TPSA) is 129 Å². The molecular formula is C10H10N4O4. The van der Waals surface area contributed by atoms with Crippen molar-refractivity contribution in [2.45, 2.75) is 12.8 Å². The summed E-state index contributed by atoms with van der Waals surface area (Å²) in [4.78, 5) is 24.2. The molecule has 0 bridgehead atoms. The van der Waals surface area contributed by atoms with Crippen LogP contribution < -0.4 is 5.32 Å². The Labute approximate surface area is 102 Å². The summed E-state index contributed by atoms with van der Waals surface area (Å²) in [6, 6.07) is 2.96. The molecule has 0 fully saturated rings. The summed E-state index contributed by atoms with van der Waals surface area (Å²) in [5.74, 6) is -0.963. The molecule has 0 aromatic carbocycles. The number of aromatic nitrogens is 1. The first-order valence-corrected chi connectivity index (χ1v) is 5.05. The molecule has 94 valence electrons. The maximum Gasteiger partial charge on any atom is 0.328 e. The van der Waals surface area contributed by atoms with Crippen LogP contribution in [0, 0.1) is 21.4 Å². The first-order chi connectivity index (χ1) is 8.56. The van der Waals surface area contributed by atoms with E-state index in [0.717, 1.165) is 0 Å². The third kappa shape index (κ3) is 3.41. The number of nitro groups is 1. The second-order valence-electron chi connectivity index (χ2n) is 3.35. The molecule has 1 heterocycles. The van der Waals surface area contributed by atoms with Gasteiger partial charge < -0.3 is 10.4 Å². The fourth-order valence-electron chi connectivity index (χ4n) is 1.30. The summed E-state index contributed by atoms with van der Waals surface area (Å²) in [5, 5.41) is 30.7. The lowest BCUT2D eigenvalue weighted by Gasteiger charge is -2.05. The van der Waals surface area contributed by atoms with Crippen molar-refractivity contribution in [3.63, 3.8) is 0 Å². The van der Waals surface area contributed by atoms with E-state index in [1.807, 2.05) is 0 Å². The SMILES string of the molecule is N#Cc1ccnc(NCCCC(=O)O)c1[N+](=O)[O-]. The molecule has 0 atom stereocenters. The molecule has 1 aromatic heterocycles. The number of pyridine rings is 1. The highest BCUT2D eigenvalue weighted by molar-refractivity contribution is 5.67. The van der Waals surface area contributed by atoms with Crippen LogP contribution in [-0.4, -0.2) is 27.5 Å². The summed E-state index contributed by atoms with van der Waals surface area (Å²) in [7, 11) is 0. The molecule has 0 saturated heterocycles. The van der Waals surface area contributed by atoms with E-state index < -0.39 is 16.6 Å². The molecule has 0 saturated carbocycles. The third-order valence-electron chi connectivity index (χ3n) is 2.09. The Morgan fingerprint density at radius 1 is 1.67 bits per heavy atom. The van der Waals surface area contributed by atoms with Crippen molar-refractivity contribution in [2.24, 2.45) is 0 Å². The Morgan fingerprint density at radius 3 is 2.94 bits per heavy atom. The van der Waals surface area contributed by atoms with Gasteiger partial charge in [0.15, 0.2) is 0 Å². The average molecular weight is 250 g/mol. The van der Waals surface area contributed by atoms with Gasteiger partial charge in [-0.1, -0.05) is 0 Å². The van der Waals surface area contributed by atoms with Gasteiger partial charge >= 0.3 is 11.7 Å². The van der Waals surface area contributed by atoms with Gasteiger partial charge in [0.1, 0.15) is 11.6 Å². The van der Waals surface area contributed by atoms with Gasteiger partial charge in [0, 0.05) is 19.2 Å². The minimum absolute atomic E-state index is 0.0237. The lowest BCUT2D eigenvalue weighted by Crippen LogP contribution is -2.08. The van der Waals surface area contributed by atoms with Crippen molar-refractivity contribution >= 4 is 17.5 Å². The van der Waals surface area contributed by atoms with E-state index in [-0.39, 0.29) is 24.3 Å². The Bertz CT molecular complexity index is 509. The highest BCUT2D eigenvalue weighted by Crippen LogP contribution is 2.25. The maximum absolute atomic E-state index is 10.8. The third-order valence-corrected chi connectivity index (χ3v) is 2.09. The maximum atomic E-state index is 10.8. The Hall–Kier alpha value is -2.69. The molecule has 1 aromatic rings. The largest absolute Gasteiger partial charge is 0.481 e. The van der Waals surface area contributed by atoms with Gasteiger partial charge in [-0.3, -0.25) is 14.9 Å². The molecular weight excluding hydrogens is 240 g/mol. The summed E-state index contributed by atoms with van der Waals surface area (Å²) < 4.78 is 0. The van der Waals surface area contributed by atoms with Crippen molar-refractivity contribution < 1.29 is 14.8 Å². The van der Waals surface area contributed by atoms with Crippen LogP contribution in [-0.2, 0) is 4.79 Å². The molecule has 18 heavy (non-hydrogen) atoms. The zero-order valence-corrected chi connectivity index (χ0v) is 9.29. The quantitative estimate of drug-likeness (QED) is 0.439. The van der Waals surface area contributed by atoms with Crippen LogP contribution >= 0.6 is 0 Å².